The van der Waals surface area contributed by atoms with Crippen molar-refractivity contribution in [2.45, 2.75) is 37.8 Å². The summed E-state index contributed by atoms with van der Waals surface area (Å²) in [5.74, 6) is -2.08. The number of carbonyl (C=O) groups is 1. The van der Waals surface area contributed by atoms with Crippen LogP contribution in [-0.4, -0.2) is 47.1 Å². The van der Waals surface area contributed by atoms with Gasteiger partial charge in [0.15, 0.2) is 11.5 Å². The average molecular weight is 455 g/mol. The number of aromatic nitrogens is 6. The molecule has 1 fully saturated rings. The van der Waals surface area contributed by atoms with Gasteiger partial charge in [-0.15, -0.1) is 0 Å². The molecule has 4 aromatic rings. The molecule has 3 N–H and O–H groups in total. The summed E-state index contributed by atoms with van der Waals surface area (Å²) in [6.07, 6.45) is 7.95. The first-order valence-electron chi connectivity index (χ1n) is 10.3. The second-order valence-electron chi connectivity index (χ2n) is 7.78. The molecule has 170 valence electrons. The lowest BCUT2D eigenvalue weighted by Gasteiger charge is -2.25. The van der Waals surface area contributed by atoms with Gasteiger partial charge in [-0.05, 0) is 37.8 Å². The Morgan fingerprint density at radius 3 is 2.76 bits per heavy atom. The number of aliphatic hydroxyl groups excluding tert-OH is 1. The molecule has 4 aromatic heterocycles. The number of pyridine rings is 1. The number of nitrogens with zero attached hydrogens (tertiary/aromatic N) is 5. The zero-order valence-electron chi connectivity index (χ0n) is 17.2. The molecule has 5 rings (SSSR count). The summed E-state index contributed by atoms with van der Waals surface area (Å²) >= 11 is 0. The standard InChI is InChI=1S/C21H19F2N7O3/c22-14-5-6-17(23)28-18(14)19-15(9-30(29-19)12-1-3-13(31)4-2-12)26-20(32)16-10-33-21(27-16)11-7-24-25-8-11/h5-10,12-13,31H,1-4H2,(H,24,25)(H,26,32)/t12-,13-. The van der Waals surface area contributed by atoms with Gasteiger partial charge < -0.3 is 14.8 Å². The minimum atomic E-state index is -0.875. The van der Waals surface area contributed by atoms with Gasteiger partial charge in [-0.1, -0.05) is 0 Å². The van der Waals surface area contributed by atoms with Crippen molar-refractivity contribution in [3.8, 4) is 22.8 Å². The van der Waals surface area contributed by atoms with Gasteiger partial charge in [-0.3, -0.25) is 14.6 Å². The van der Waals surface area contributed by atoms with E-state index in [0.29, 0.717) is 31.2 Å². The maximum atomic E-state index is 14.5. The van der Waals surface area contributed by atoms with E-state index in [-0.39, 0.29) is 40.8 Å². The van der Waals surface area contributed by atoms with Crippen molar-refractivity contribution in [2.75, 3.05) is 5.32 Å². The van der Waals surface area contributed by atoms with Crippen LogP contribution in [0.2, 0.25) is 0 Å². The van der Waals surface area contributed by atoms with Crippen LogP contribution in [0.1, 0.15) is 42.2 Å². The number of halogens is 2. The Morgan fingerprint density at radius 2 is 2.00 bits per heavy atom. The van der Waals surface area contributed by atoms with Crippen molar-refractivity contribution in [3.05, 3.63) is 54.4 Å². The van der Waals surface area contributed by atoms with E-state index >= 15 is 0 Å². The van der Waals surface area contributed by atoms with Crippen molar-refractivity contribution >= 4 is 11.6 Å². The summed E-state index contributed by atoms with van der Waals surface area (Å²) < 4.78 is 35.2. The molecular weight excluding hydrogens is 436 g/mol. The van der Waals surface area contributed by atoms with Crippen molar-refractivity contribution < 1.29 is 23.1 Å². The Bertz CT molecular complexity index is 1280. The molecule has 10 nitrogen and oxygen atoms in total. The quantitative estimate of drug-likeness (QED) is 0.393. The SMILES string of the molecule is O=C(Nc1cn([C@H]2CC[C@H](O)CC2)nc1-c1nc(F)ccc1F)c1coc(-c2cn[nH]c2)n1. The topological polar surface area (TPSA) is 135 Å². The first-order chi connectivity index (χ1) is 16.0. The number of H-pyrrole nitrogens is 1. The number of anilines is 1. The summed E-state index contributed by atoms with van der Waals surface area (Å²) in [6.45, 7) is 0. The van der Waals surface area contributed by atoms with Crippen LogP contribution < -0.4 is 5.32 Å². The third-order valence-electron chi connectivity index (χ3n) is 5.54. The second kappa shape index (κ2) is 8.54. The maximum Gasteiger partial charge on any atom is 0.277 e. The van der Waals surface area contributed by atoms with Crippen LogP contribution in [0.3, 0.4) is 0 Å². The molecule has 1 saturated carbocycles. The van der Waals surface area contributed by atoms with Crippen molar-refractivity contribution in [2.24, 2.45) is 0 Å². The fourth-order valence-electron chi connectivity index (χ4n) is 3.82. The molecule has 1 aliphatic rings. The lowest BCUT2D eigenvalue weighted by molar-refractivity contribution is 0.102. The third-order valence-corrected chi connectivity index (χ3v) is 5.54. The molecule has 0 atom stereocenters. The minimum absolute atomic E-state index is 0.00924. The summed E-state index contributed by atoms with van der Waals surface area (Å²) in [5, 5.41) is 23.3. The van der Waals surface area contributed by atoms with Crippen LogP contribution in [0.25, 0.3) is 22.8 Å². The number of aromatic amines is 1. The molecule has 0 radical (unpaired) electrons. The molecule has 0 unspecified atom stereocenters. The van der Waals surface area contributed by atoms with Crippen LogP contribution >= 0.6 is 0 Å². The lowest BCUT2D eigenvalue weighted by atomic mass is 9.93. The average Bonchev–Trinajstić information content (AvgIpc) is 3.56. The molecule has 0 aliphatic heterocycles. The zero-order chi connectivity index (χ0) is 22.9. The summed E-state index contributed by atoms with van der Waals surface area (Å²) in [5.41, 5.74) is 0.367. The summed E-state index contributed by atoms with van der Waals surface area (Å²) in [7, 11) is 0. The van der Waals surface area contributed by atoms with Gasteiger partial charge in [0.1, 0.15) is 17.7 Å². The molecule has 33 heavy (non-hydrogen) atoms. The zero-order valence-corrected chi connectivity index (χ0v) is 17.2. The molecule has 12 heteroatoms. The van der Waals surface area contributed by atoms with Gasteiger partial charge in [0, 0.05) is 12.4 Å². The van der Waals surface area contributed by atoms with E-state index < -0.39 is 17.7 Å². The van der Waals surface area contributed by atoms with Gasteiger partial charge in [0.2, 0.25) is 11.8 Å². The van der Waals surface area contributed by atoms with Crippen molar-refractivity contribution in [1.29, 1.82) is 0 Å². The van der Waals surface area contributed by atoms with Crippen LogP contribution in [0.4, 0.5) is 14.5 Å². The smallest absolute Gasteiger partial charge is 0.277 e. The van der Waals surface area contributed by atoms with Gasteiger partial charge in [-0.25, -0.2) is 14.4 Å². The molecule has 1 amide bonds. The highest BCUT2D eigenvalue weighted by molar-refractivity contribution is 6.04. The summed E-state index contributed by atoms with van der Waals surface area (Å²) in [6, 6.07) is 1.80. The number of oxazole rings is 1. The van der Waals surface area contributed by atoms with E-state index in [2.05, 4.69) is 30.6 Å². The van der Waals surface area contributed by atoms with E-state index in [0.717, 1.165) is 12.1 Å². The first-order valence-corrected chi connectivity index (χ1v) is 10.3. The fourth-order valence-corrected chi connectivity index (χ4v) is 3.82. The van der Waals surface area contributed by atoms with Gasteiger partial charge in [-0.2, -0.15) is 14.6 Å². The molecule has 0 bridgehead atoms. The number of nitrogens with one attached hydrogen (secondary N) is 2. The molecule has 4 heterocycles. The minimum Gasteiger partial charge on any atom is -0.444 e. The van der Waals surface area contributed by atoms with Crippen LogP contribution in [0.15, 0.2) is 41.4 Å². The van der Waals surface area contributed by atoms with Gasteiger partial charge in [0.05, 0.1) is 29.6 Å². The van der Waals surface area contributed by atoms with Crippen LogP contribution in [0, 0.1) is 11.8 Å². The second-order valence-corrected chi connectivity index (χ2v) is 7.78. The number of amides is 1. The normalized spacial score (nSPS) is 18.4. The Kier molecular flexibility index (Phi) is 5.42. The number of aliphatic hydroxyl groups is 1. The highest BCUT2D eigenvalue weighted by Crippen LogP contribution is 2.33. The van der Waals surface area contributed by atoms with E-state index in [4.69, 9.17) is 4.42 Å². The third kappa shape index (κ3) is 4.24. The molecular formula is C21H19F2N7O3. The van der Waals surface area contributed by atoms with E-state index in [1.54, 1.807) is 17.1 Å². The van der Waals surface area contributed by atoms with Crippen molar-refractivity contribution in [1.82, 2.24) is 29.9 Å². The van der Waals surface area contributed by atoms with Crippen molar-refractivity contribution in [3.63, 3.8) is 0 Å². The molecule has 0 saturated heterocycles. The van der Waals surface area contributed by atoms with E-state index in [1.807, 2.05) is 0 Å². The van der Waals surface area contributed by atoms with Gasteiger partial charge >= 0.3 is 0 Å². The summed E-state index contributed by atoms with van der Waals surface area (Å²) in [4.78, 5) is 20.6. The predicted molar refractivity (Wildman–Crippen MR) is 111 cm³/mol. The Hall–Kier alpha value is -3.93. The first kappa shape index (κ1) is 20.9. The highest BCUT2D eigenvalue weighted by atomic mass is 19.1. The monoisotopic (exact) mass is 455 g/mol. The van der Waals surface area contributed by atoms with Crippen LogP contribution in [-0.2, 0) is 0 Å². The number of carbonyl (C=O) groups excluding carboxylic acids is 1. The highest BCUT2D eigenvalue weighted by Gasteiger charge is 2.26. The van der Waals surface area contributed by atoms with E-state index in [9.17, 15) is 18.7 Å². The number of hydrogen-bond donors (Lipinski definition) is 3. The number of rotatable bonds is 5. The largest absolute Gasteiger partial charge is 0.444 e. The fraction of sp³-hybridized carbons (Fsp3) is 0.286. The Balaban J connectivity index is 1.47. The van der Waals surface area contributed by atoms with E-state index in [1.165, 1.54) is 12.5 Å². The molecule has 0 aromatic carbocycles. The Labute approximate surface area is 185 Å². The molecule has 1 aliphatic carbocycles. The lowest BCUT2D eigenvalue weighted by Crippen LogP contribution is -2.21. The molecule has 0 spiro atoms. The maximum absolute atomic E-state index is 14.5. The number of hydrogen-bond acceptors (Lipinski definition) is 7. The predicted octanol–water partition coefficient (Wildman–Crippen LogP) is 3.33. The van der Waals surface area contributed by atoms with Gasteiger partial charge in [0.25, 0.3) is 5.91 Å². The van der Waals surface area contributed by atoms with Crippen LogP contribution in [0.5, 0.6) is 0 Å². The Morgan fingerprint density at radius 1 is 1.18 bits per heavy atom.